The summed E-state index contributed by atoms with van der Waals surface area (Å²) >= 11 is 0. The summed E-state index contributed by atoms with van der Waals surface area (Å²) in [6, 6.07) is 6.52. The SMILES string of the molecule is CCCS(=O)(=O)c1ccccc1C(=O)N1CCC(CN)CC1.Cl. The molecule has 1 amide bonds. The molecule has 0 bridgehead atoms. The van der Waals surface area contributed by atoms with Crippen LogP contribution >= 0.6 is 12.4 Å². The van der Waals surface area contributed by atoms with Gasteiger partial charge in [0.25, 0.3) is 5.91 Å². The standard InChI is InChI=1S/C16H24N2O3S.ClH/c1-2-11-22(20,21)15-6-4-3-5-14(15)16(19)18-9-7-13(12-17)8-10-18;/h3-6,13H,2,7-12,17H2,1H3;1H. The summed E-state index contributed by atoms with van der Waals surface area (Å²) in [7, 11) is -3.41. The van der Waals surface area contributed by atoms with Gasteiger partial charge in [-0.15, -0.1) is 12.4 Å². The largest absolute Gasteiger partial charge is 0.339 e. The number of nitrogens with zero attached hydrogens (tertiary/aromatic N) is 1. The van der Waals surface area contributed by atoms with E-state index in [9.17, 15) is 13.2 Å². The summed E-state index contributed by atoms with van der Waals surface area (Å²) in [5.74, 6) is 0.334. The zero-order chi connectivity index (χ0) is 16.2. The van der Waals surface area contributed by atoms with E-state index in [1.54, 1.807) is 23.1 Å². The maximum Gasteiger partial charge on any atom is 0.255 e. The summed E-state index contributed by atoms with van der Waals surface area (Å²) in [4.78, 5) is 14.6. The molecule has 0 atom stereocenters. The molecule has 0 saturated carbocycles. The third kappa shape index (κ3) is 4.68. The first-order valence-corrected chi connectivity index (χ1v) is 9.46. The number of halogens is 1. The van der Waals surface area contributed by atoms with Gasteiger partial charge in [0.15, 0.2) is 9.84 Å². The minimum atomic E-state index is -3.41. The smallest absolute Gasteiger partial charge is 0.255 e. The summed E-state index contributed by atoms with van der Waals surface area (Å²) in [6.45, 7) is 3.74. The lowest BCUT2D eigenvalue weighted by molar-refractivity contribution is 0.0689. The highest BCUT2D eigenvalue weighted by molar-refractivity contribution is 7.91. The van der Waals surface area contributed by atoms with Gasteiger partial charge in [0.2, 0.25) is 0 Å². The van der Waals surface area contributed by atoms with Crippen LogP contribution in [-0.4, -0.2) is 44.6 Å². The van der Waals surface area contributed by atoms with Gasteiger partial charge in [-0.3, -0.25) is 4.79 Å². The molecule has 1 aromatic carbocycles. The number of nitrogens with two attached hydrogens (primary N) is 1. The second kappa shape index (κ2) is 8.66. The van der Waals surface area contributed by atoms with Crippen LogP contribution in [0.3, 0.4) is 0 Å². The van der Waals surface area contributed by atoms with Crippen molar-refractivity contribution in [3.05, 3.63) is 29.8 Å². The summed E-state index contributed by atoms with van der Waals surface area (Å²) in [6.07, 6.45) is 2.30. The Morgan fingerprint density at radius 3 is 2.43 bits per heavy atom. The Morgan fingerprint density at radius 2 is 1.87 bits per heavy atom. The number of carbonyl (C=O) groups excluding carboxylic acids is 1. The molecule has 0 unspecified atom stereocenters. The van der Waals surface area contributed by atoms with Crippen molar-refractivity contribution in [3.63, 3.8) is 0 Å². The zero-order valence-corrected chi connectivity index (χ0v) is 15.0. The Balaban J connectivity index is 0.00000264. The summed E-state index contributed by atoms with van der Waals surface area (Å²) in [5.41, 5.74) is 5.96. The van der Waals surface area contributed by atoms with E-state index in [4.69, 9.17) is 5.73 Å². The molecule has 0 spiro atoms. The van der Waals surface area contributed by atoms with Crippen LogP contribution in [0.15, 0.2) is 29.2 Å². The number of hydrogen-bond acceptors (Lipinski definition) is 4. The van der Waals surface area contributed by atoms with Crippen LogP contribution in [0.1, 0.15) is 36.5 Å². The van der Waals surface area contributed by atoms with Gasteiger partial charge in [0, 0.05) is 13.1 Å². The predicted molar refractivity (Wildman–Crippen MR) is 93.7 cm³/mol. The van der Waals surface area contributed by atoms with Crippen molar-refractivity contribution in [3.8, 4) is 0 Å². The molecule has 1 heterocycles. The zero-order valence-electron chi connectivity index (χ0n) is 13.4. The fourth-order valence-corrected chi connectivity index (χ4v) is 4.37. The van der Waals surface area contributed by atoms with Crippen LogP contribution < -0.4 is 5.73 Å². The van der Waals surface area contributed by atoms with Crippen molar-refractivity contribution in [1.29, 1.82) is 0 Å². The normalized spacial score (nSPS) is 16.0. The topological polar surface area (TPSA) is 80.5 Å². The van der Waals surface area contributed by atoms with Gasteiger partial charge in [-0.05, 0) is 43.9 Å². The van der Waals surface area contributed by atoms with Gasteiger partial charge in [0.05, 0.1) is 16.2 Å². The van der Waals surface area contributed by atoms with E-state index in [0.29, 0.717) is 37.5 Å². The maximum absolute atomic E-state index is 12.7. The van der Waals surface area contributed by atoms with Gasteiger partial charge in [-0.25, -0.2) is 8.42 Å². The van der Waals surface area contributed by atoms with Crippen LogP contribution in [0, 0.1) is 5.92 Å². The molecule has 0 aromatic heterocycles. The van der Waals surface area contributed by atoms with Crippen molar-refractivity contribution < 1.29 is 13.2 Å². The quantitative estimate of drug-likeness (QED) is 0.871. The number of hydrogen-bond donors (Lipinski definition) is 1. The van der Waals surface area contributed by atoms with Crippen LogP contribution in [0.5, 0.6) is 0 Å². The van der Waals surface area contributed by atoms with Gasteiger partial charge < -0.3 is 10.6 Å². The Hall–Kier alpha value is -1.11. The van der Waals surface area contributed by atoms with E-state index in [-0.39, 0.29) is 29.0 Å². The average Bonchev–Trinajstić information content (AvgIpc) is 2.54. The first-order chi connectivity index (χ1) is 10.5. The van der Waals surface area contributed by atoms with E-state index in [1.807, 2.05) is 6.92 Å². The van der Waals surface area contributed by atoms with Gasteiger partial charge in [0.1, 0.15) is 0 Å². The van der Waals surface area contributed by atoms with Gasteiger partial charge >= 0.3 is 0 Å². The molecule has 1 aliphatic rings. The lowest BCUT2D eigenvalue weighted by atomic mass is 9.96. The number of amides is 1. The highest BCUT2D eigenvalue weighted by Crippen LogP contribution is 2.23. The second-order valence-electron chi connectivity index (χ2n) is 5.79. The molecule has 130 valence electrons. The van der Waals surface area contributed by atoms with Gasteiger partial charge in [-0.1, -0.05) is 19.1 Å². The first kappa shape index (κ1) is 19.9. The minimum Gasteiger partial charge on any atom is -0.339 e. The molecule has 1 fully saturated rings. The van der Waals surface area contributed by atoms with Crippen LogP contribution in [0.2, 0.25) is 0 Å². The Labute approximate surface area is 144 Å². The lowest BCUT2D eigenvalue weighted by Crippen LogP contribution is -2.40. The number of benzene rings is 1. The van der Waals surface area contributed by atoms with E-state index < -0.39 is 9.84 Å². The molecule has 2 rings (SSSR count). The molecule has 23 heavy (non-hydrogen) atoms. The molecule has 1 saturated heterocycles. The first-order valence-electron chi connectivity index (χ1n) is 7.80. The van der Waals surface area contributed by atoms with Crippen LogP contribution in [-0.2, 0) is 9.84 Å². The number of piperidine rings is 1. The van der Waals surface area contributed by atoms with Crippen molar-refractivity contribution >= 4 is 28.2 Å². The average molecular weight is 361 g/mol. The second-order valence-corrected chi connectivity index (χ2v) is 7.86. The summed E-state index contributed by atoms with van der Waals surface area (Å²) < 4.78 is 24.7. The fraction of sp³-hybridized carbons (Fsp3) is 0.562. The molecular formula is C16H25ClN2O3S. The molecule has 5 nitrogen and oxygen atoms in total. The Morgan fingerprint density at radius 1 is 1.26 bits per heavy atom. The Bertz CT molecular complexity index is 626. The third-order valence-corrected chi connectivity index (χ3v) is 6.13. The minimum absolute atomic E-state index is 0. The number of sulfone groups is 1. The Kier molecular flexibility index (Phi) is 7.51. The van der Waals surface area contributed by atoms with E-state index in [1.165, 1.54) is 6.07 Å². The van der Waals surface area contributed by atoms with Crippen molar-refractivity contribution in [2.75, 3.05) is 25.4 Å². The molecular weight excluding hydrogens is 336 g/mol. The summed E-state index contributed by atoms with van der Waals surface area (Å²) in [5, 5.41) is 0. The highest BCUT2D eigenvalue weighted by Gasteiger charge is 2.27. The number of carbonyl (C=O) groups is 1. The lowest BCUT2D eigenvalue weighted by Gasteiger charge is -2.31. The van der Waals surface area contributed by atoms with Crippen molar-refractivity contribution in [2.24, 2.45) is 11.7 Å². The third-order valence-electron chi connectivity index (χ3n) is 4.16. The molecule has 0 radical (unpaired) electrons. The highest BCUT2D eigenvalue weighted by atomic mass is 35.5. The molecule has 0 aliphatic carbocycles. The van der Waals surface area contributed by atoms with Crippen molar-refractivity contribution in [1.82, 2.24) is 4.90 Å². The van der Waals surface area contributed by atoms with E-state index in [0.717, 1.165) is 12.8 Å². The molecule has 1 aliphatic heterocycles. The molecule has 7 heteroatoms. The maximum atomic E-state index is 12.7. The molecule has 2 N–H and O–H groups in total. The van der Waals surface area contributed by atoms with Crippen molar-refractivity contribution in [2.45, 2.75) is 31.1 Å². The number of rotatable bonds is 5. The monoisotopic (exact) mass is 360 g/mol. The van der Waals surface area contributed by atoms with E-state index in [2.05, 4.69) is 0 Å². The van der Waals surface area contributed by atoms with Crippen LogP contribution in [0.25, 0.3) is 0 Å². The fourth-order valence-electron chi connectivity index (χ4n) is 2.84. The van der Waals surface area contributed by atoms with Crippen LogP contribution in [0.4, 0.5) is 0 Å². The predicted octanol–water partition coefficient (Wildman–Crippen LogP) is 2.10. The number of likely N-dealkylation sites (tertiary alicyclic amines) is 1. The molecule has 1 aromatic rings. The van der Waals surface area contributed by atoms with Gasteiger partial charge in [-0.2, -0.15) is 0 Å². The van der Waals surface area contributed by atoms with E-state index >= 15 is 0 Å².